The number of unbranched alkanes of at least 4 members (excludes halogenated alkanes) is 1. The largest absolute Gasteiger partial charge is 0.573 e. The van der Waals surface area contributed by atoms with Crippen molar-refractivity contribution in [1.29, 1.82) is 0 Å². The van der Waals surface area contributed by atoms with Gasteiger partial charge in [0, 0.05) is 24.2 Å². The molecule has 1 unspecified atom stereocenters. The van der Waals surface area contributed by atoms with Crippen LogP contribution in [0.1, 0.15) is 46.0 Å². The van der Waals surface area contributed by atoms with Crippen LogP contribution in [0.3, 0.4) is 0 Å². The molecular weight excluding hydrogens is 463 g/mol. The number of benzene rings is 1. The van der Waals surface area contributed by atoms with Gasteiger partial charge in [0.1, 0.15) is 4.90 Å². The Balaban J connectivity index is 2.54. The lowest BCUT2D eigenvalue weighted by Gasteiger charge is -2.15. The predicted molar refractivity (Wildman–Crippen MR) is 105 cm³/mol. The van der Waals surface area contributed by atoms with Gasteiger partial charge in [-0.1, -0.05) is 49.0 Å². The quantitative estimate of drug-likeness (QED) is 0.384. The number of alkyl halides is 3. The Hall–Kier alpha value is -0.840. The van der Waals surface area contributed by atoms with Crippen molar-refractivity contribution in [3.63, 3.8) is 0 Å². The first-order valence-electron chi connectivity index (χ1n) is 9.21. The van der Waals surface area contributed by atoms with Gasteiger partial charge in [0.15, 0.2) is 5.75 Å². The van der Waals surface area contributed by atoms with Gasteiger partial charge in [-0.05, 0) is 37.0 Å². The third-order valence-electron chi connectivity index (χ3n) is 4.08. The van der Waals surface area contributed by atoms with Gasteiger partial charge in [0.2, 0.25) is 10.0 Å². The first-order chi connectivity index (χ1) is 13.1. The standard InChI is InChI=1S/C18H27BrF3NO4S/c1-3-5-7-14(4-2)13-26-11-6-10-23-28(24,25)17-9-8-15(19)12-16(17)27-18(20,21)22/h8-9,12,14,23H,3-7,10-11,13H2,1-2H3. The van der Waals surface area contributed by atoms with E-state index in [1.54, 1.807) is 0 Å². The smallest absolute Gasteiger partial charge is 0.404 e. The highest BCUT2D eigenvalue weighted by Gasteiger charge is 2.34. The van der Waals surface area contributed by atoms with E-state index in [9.17, 15) is 21.6 Å². The zero-order valence-electron chi connectivity index (χ0n) is 16.0. The summed E-state index contributed by atoms with van der Waals surface area (Å²) in [6.45, 7) is 5.29. The lowest BCUT2D eigenvalue weighted by Crippen LogP contribution is -2.27. The summed E-state index contributed by atoms with van der Waals surface area (Å²) in [6.07, 6.45) is -0.170. The Labute approximate surface area is 173 Å². The van der Waals surface area contributed by atoms with Gasteiger partial charge >= 0.3 is 6.36 Å². The van der Waals surface area contributed by atoms with E-state index in [1.807, 2.05) is 0 Å². The van der Waals surface area contributed by atoms with Crippen molar-refractivity contribution in [1.82, 2.24) is 4.72 Å². The first kappa shape index (κ1) is 25.2. The van der Waals surface area contributed by atoms with E-state index in [0.717, 1.165) is 37.8 Å². The average molecular weight is 490 g/mol. The molecule has 0 aliphatic rings. The van der Waals surface area contributed by atoms with Crippen molar-refractivity contribution in [2.75, 3.05) is 19.8 Å². The van der Waals surface area contributed by atoms with E-state index in [2.05, 4.69) is 39.2 Å². The molecule has 1 aromatic carbocycles. The molecule has 0 fully saturated rings. The van der Waals surface area contributed by atoms with Crippen molar-refractivity contribution >= 4 is 26.0 Å². The molecule has 0 spiro atoms. The molecule has 0 radical (unpaired) electrons. The van der Waals surface area contributed by atoms with E-state index < -0.39 is 27.0 Å². The second kappa shape index (κ2) is 12.0. The lowest BCUT2D eigenvalue weighted by atomic mass is 10.0. The second-order valence-electron chi connectivity index (χ2n) is 6.38. The van der Waals surface area contributed by atoms with Gasteiger partial charge in [-0.3, -0.25) is 0 Å². The molecule has 1 N–H and O–H groups in total. The number of halogens is 4. The Morgan fingerprint density at radius 1 is 1.21 bits per heavy atom. The average Bonchev–Trinajstić information content (AvgIpc) is 2.58. The van der Waals surface area contributed by atoms with Crippen LogP contribution in [0.4, 0.5) is 13.2 Å². The van der Waals surface area contributed by atoms with Crippen molar-refractivity contribution in [3.05, 3.63) is 22.7 Å². The molecule has 0 aromatic heterocycles. The maximum Gasteiger partial charge on any atom is 0.573 e. The molecular formula is C18H27BrF3NO4S. The van der Waals surface area contributed by atoms with Crippen LogP contribution in [0.5, 0.6) is 5.75 Å². The normalized spacial score (nSPS) is 13.5. The molecule has 10 heteroatoms. The molecule has 1 atom stereocenters. The van der Waals surface area contributed by atoms with Crippen LogP contribution in [0.2, 0.25) is 0 Å². The van der Waals surface area contributed by atoms with Crippen LogP contribution in [0.15, 0.2) is 27.6 Å². The van der Waals surface area contributed by atoms with Crippen molar-refractivity contribution in [2.45, 2.75) is 57.2 Å². The maximum atomic E-state index is 12.5. The minimum absolute atomic E-state index is 0.0512. The lowest BCUT2D eigenvalue weighted by molar-refractivity contribution is -0.275. The number of sulfonamides is 1. The van der Waals surface area contributed by atoms with E-state index >= 15 is 0 Å². The molecule has 0 aliphatic carbocycles. The number of ether oxygens (including phenoxy) is 2. The molecule has 0 saturated heterocycles. The predicted octanol–water partition coefficient (Wildman–Crippen LogP) is 5.25. The third-order valence-corrected chi connectivity index (χ3v) is 6.07. The minimum Gasteiger partial charge on any atom is -0.404 e. The Morgan fingerprint density at radius 3 is 2.54 bits per heavy atom. The zero-order chi connectivity index (χ0) is 21.2. The highest BCUT2D eigenvalue weighted by molar-refractivity contribution is 9.10. The van der Waals surface area contributed by atoms with Gasteiger partial charge in [-0.25, -0.2) is 13.1 Å². The Kier molecular flexibility index (Phi) is 10.8. The summed E-state index contributed by atoms with van der Waals surface area (Å²) in [5.41, 5.74) is 0. The molecule has 28 heavy (non-hydrogen) atoms. The van der Waals surface area contributed by atoms with Crippen molar-refractivity contribution in [3.8, 4) is 5.75 Å². The monoisotopic (exact) mass is 489 g/mol. The van der Waals surface area contributed by atoms with Crippen molar-refractivity contribution < 1.29 is 31.1 Å². The molecule has 0 saturated carbocycles. The van der Waals surface area contributed by atoms with E-state index in [0.29, 0.717) is 25.6 Å². The van der Waals surface area contributed by atoms with Gasteiger partial charge in [-0.2, -0.15) is 0 Å². The van der Waals surface area contributed by atoms with Crippen LogP contribution < -0.4 is 9.46 Å². The number of rotatable bonds is 13. The highest BCUT2D eigenvalue weighted by Crippen LogP contribution is 2.32. The molecule has 1 rings (SSSR count). The van der Waals surface area contributed by atoms with E-state index in [-0.39, 0.29) is 11.0 Å². The molecule has 0 amide bonds. The van der Waals surface area contributed by atoms with Crippen molar-refractivity contribution in [2.24, 2.45) is 5.92 Å². The highest BCUT2D eigenvalue weighted by atomic mass is 79.9. The number of hydrogen-bond acceptors (Lipinski definition) is 4. The summed E-state index contributed by atoms with van der Waals surface area (Å²) >= 11 is 3.01. The van der Waals surface area contributed by atoms with Gasteiger partial charge in [-0.15, -0.1) is 13.2 Å². The summed E-state index contributed by atoms with van der Waals surface area (Å²) < 4.78 is 74.3. The van der Waals surface area contributed by atoms with E-state index in [1.165, 1.54) is 6.07 Å². The Morgan fingerprint density at radius 2 is 1.93 bits per heavy atom. The topological polar surface area (TPSA) is 64.6 Å². The summed E-state index contributed by atoms with van der Waals surface area (Å²) in [5, 5.41) is 0. The number of hydrogen-bond donors (Lipinski definition) is 1. The fourth-order valence-corrected chi connectivity index (χ4v) is 4.04. The van der Waals surface area contributed by atoms with Gasteiger partial charge in [0.25, 0.3) is 0 Å². The molecule has 0 bridgehead atoms. The summed E-state index contributed by atoms with van der Waals surface area (Å²) in [6, 6.07) is 3.36. The fraction of sp³-hybridized carbons (Fsp3) is 0.667. The van der Waals surface area contributed by atoms with Crippen LogP contribution in [0.25, 0.3) is 0 Å². The first-order valence-corrected chi connectivity index (χ1v) is 11.5. The van der Waals surface area contributed by atoms with Crippen LogP contribution in [0, 0.1) is 5.92 Å². The molecule has 0 heterocycles. The summed E-state index contributed by atoms with van der Waals surface area (Å²) in [7, 11) is -4.15. The van der Waals surface area contributed by atoms with Crippen LogP contribution >= 0.6 is 15.9 Å². The van der Waals surface area contributed by atoms with Gasteiger partial charge < -0.3 is 9.47 Å². The SMILES string of the molecule is CCCCC(CC)COCCCNS(=O)(=O)c1ccc(Br)cc1OC(F)(F)F. The second-order valence-corrected chi connectivity index (χ2v) is 9.03. The van der Waals surface area contributed by atoms with Crippen LogP contribution in [-0.4, -0.2) is 34.5 Å². The van der Waals surface area contributed by atoms with Crippen LogP contribution in [-0.2, 0) is 14.8 Å². The van der Waals surface area contributed by atoms with Gasteiger partial charge in [0.05, 0.1) is 0 Å². The molecule has 0 aliphatic heterocycles. The summed E-state index contributed by atoms with van der Waals surface area (Å²) in [5.74, 6) is -0.297. The third kappa shape index (κ3) is 9.58. The molecule has 162 valence electrons. The number of nitrogens with one attached hydrogen (secondary N) is 1. The fourth-order valence-electron chi connectivity index (χ4n) is 2.51. The Bertz CT molecular complexity index is 699. The minimum atomic E-state index is -4.99. The zero-order valence-corrected chi connectivity index (χ0v) is 18.4. The molecule has 5 nitrogen and oxygen atoms in total. The maximum absolute atomic E-state index is 12.5. The molecule has 1 aromatic rings. The van der Waals surface area contributed by atoms with E-state index in [4.69, 9.17) is 4.74 Å². The summed E-state index contributed by atoms with van der Waals surface area (Å²) in [4.78, 5) is -0.570.